The van der Waals surface area contributed by atoms with E-state index in [1.807, 2.05) is 55.5 Å². The molecule has 0 saturated heterocycles. The summed E-state index contributed by atoms with van der Waals surface area (Å²) in [5.41, 5.74) is 0.810. The van der Waals surface area contributed by atoms with Crippen molar-refractivity contribution in [3.05, 3.63) is 68.1 Å². The van der Waals surface area contributed by atoms with E-state index < -0.39 is 5.79 Å². The lowest BCUT2D eigenvalue weighted by molar-refractivity contribution is -0.0678. The van der Waals surface area contributed by atoms with Crippen LogP contribution in [0.3, 0.4) is 0 Å². The number of rotatable bonds is 1. The minimum Gasteiger partial charge on any atom is -0.444 e. The van der Waals surface area contributed by atoms with Gasteiger partial charge in [-0.3, -0.25) is 0 Å². The first-order chi connectivity index (χ1) is 11.0. The number of fused-ring (bicyclic) bond motifs is 2. The second-order valence-electron chi connectivity index (χ2n) is 5.54. The SMILES string of the molecule is CC1(c2ccccc2Cl)Oc2cc3cc(Br)c(Br)cc3cc2O1. The molecule has 0 saturated carbocycles. The summed E-state index contributed by atoms with van der Waals surface area (Å²) in [6.45, 7) is 1.88. The summed E-state index contributed by atoms with van der Waals surface area (Å²) in [6.07, 6.45) is 0. The smallest absolute Gasteiger partial charge is 0.276 e. The Balaban J connectivity index is 1.83. The molecule has 0 radical (unpaired) electrons. The van der Waals surface area contributed by atoms with Crippen molar-refractivity contribution in [1.82, 2.24) is 0 Å². The van der Waals surface area contributed by atoms with Crippen molar-refractivity contribution in [1.29, 1.82) is 0 Å². The average molecular weight is 455 g/mol. The second kappa shape index (κ2) is 5.40. The number of halogens is 3. The largest absolute Gasteiger partial charge is 0.444 e. The van der Waals surface area contributed by atoms with Gasteiger partial charge in [0, 0.05) is 15.9 Å². The monoisotopic (exact) mass is 452 g/mol. The Labute approximate surface area is 155 Å². The molecule has 0 unspecified atom stereocenters. The topological polar surface area (TPSA) is 18.5 Å². The normalized spacial score (nSPS) is 15.1. The summed E-state index contributed by atoms with van der Waals surface area (Å²) in [4.78, 5) is 0. The van der Waals surface area contributed by atoms with E-state index in [1.54, 1.807) is 0 Å². The lowest BCUT2D eigenvalue weighted by Crippen LogP contribution is -2.31. The highest BCUT2D eigenvalue weighted by Gasteiger charge is 2.40. The average Bonchev–Trinajstić information content (AvgIpc) is 2.83. The van der Waals surface area contributed by atoms with E-state index in [0.717, 1.165) is 25.3 Å². The Morgan fingerprint density at radius 2 is 1.39 bits per heavy atom. The molecule has 0 atom stereocenters. The van der Waals surface area contributed by atoms with Crippen molar-refractivity contribution in [3.8, 4) is 11.5 Å². The van der Waals surface area contributed by atoms with Crippen LogP contribution in [0.25, 0.3) is 10.8 Å². The summed E-state index contributed by atoms with van der Waals surface area (Å²) in [5.74, 6) is 0.510. The van der Waals surface area contributed by atoms with Gasteiger partial charge in [0.1, 0.15) is 0 Å². The molecule has 0 amide bonds. The van der Waals surface area contributed by atoms with E-state index in [-0.39, 0.29) is 0 Å². The molecule has 5 heteroatoms. The molecular formula is C18H11Br2ClO2. The van der Waals surface area contributed by atoms with E-state index in [9.17, 15) is 0 Å². The van der Waals surface area contributed by atoms with Gasteiger partial charge in [-0.1, -0.05) is 23.7 Å². The predicted octanol–water partition coefficient (Wildman–Crippen LogP) is 6.66. The van der Waals surface area contributed by atoms with Crippen LogP contribution < -0.4 is 9.47 Å². The first-order valence-electron chi connectivity index (χ1n) is 7.02. The van der Waals surface area contributed by atoms with Crippen LogP contribution in [0.5, 0.6) is 11.5 Å². The number of benzene rings is 3. The molecule has 3 aromatic rings. The number of hydrogen-bond acceptors (Lipinski definition) is 2. The highest BCUT2D eigenvalue weighted by molar-refractivity contribution is 9.13. The molecule has 2 nitrogen and oxygen atoms in total. The van der Waals surface area contributed by atoms with Crippen molar-refractivity contribution >= 4 is 54.2 Å². The van der Waals surface area contributed by atoms with Crippen molar-refractivity contribution in [2.75, 3.05) is 0 Å². The quantitative estimate of drug-likeness (QED) is 0.409. The lowest BCUT2D eigenvalue weighted by Gasteiger charge is -2.24. The second-order valence-corrected chi connectivity index (χ2v) is 7.66. The molecule has 116 valence electrons. The summed E-state index contributed by atoms with van der Waals surface area (Å²) in [5, 5.41) is 2.77. The van der Waals surface area contributed by atoms with E-state index >= 15 is 0 Å². The van der Waals surface area contributed by atoms with Gasteiger partial charge in [-0.15, -0.1) is 0 Å². The fourth-order valence-electron chi connectivity index (χ4n) is 2.79. The Morgan fingerprint density at radius 3 is 1.91 bits per heavy atom. The van der Waals surface area contributed by atoms with Gasteiger partial charge in [0.05, 0.1) is 10.6 Å². The maximum absolute atomic E-state index is 6.31. The van der Waals surface area contributed by atoms with Crippen LogP contribution in [-0.4, -0.2) is 0 Å². The minimum atomic E-state index is -0.924. The van der Waals surface area contributed by atoms with Crippen LogP contribution in [0, 0.1) is 0 Å². The van der Waals surface area contributed by atoms with Gasteiger partial charge >= 0.3 is 0 Å². The zero-order valence-electron chi connectivity index (χ0n) is 12.1. The summed E-state index contributed by atoms with van der Waals surface area (Å²) >= 11 is 13.4. The Bertz CT molecular complexity index is 889. The van der Waals surface area contributed by atoms with Crippen LogP contribution in [0.4, 0.5) is 0 Å². The maximum atomic E-state index is 6.31. The Hall–Kier alpha value is -1.23. The predicted molar refractivity (Wildman–Crippen MR) is 99.4 cm³/mol. The molecule has 1 aliphatic rings. The van der Waals surface area contributed by atoms with E-state index in [0.29, 0.717) is 16.5 Å². The molecule has 0 bridgehead atoms. The molecule has 0 spiro atoms. The summed E-state index contributed by atoms with van der Waals surface area (Å²) in [6, 6.07) is 15.6. The molecule has 0 aliphatic carbocycles. The molecule has 3 aromatic carbocycles. The Kier molecular flexibility index (Phi) is 3.59. The Morgan fingerprint density at radius 1 is 0.870 bits per heavy atom. The van der Waals surface area contributed by atoms with Crippen molar-refractivity contribution < 1.29 is 9.47 Å². The lowest BCUT2D eigenvalue weighted by atomic mass is 10.1. The van der Waals surface area contributed by atoms with Gasteiger partial charge < -0.3 is 9.47 Å². The fraction of sp³-hybridized carbons (Fsp3) is 0.111. The van der Waals surface area contributed by atoms with Gasteiger partial charge in [0.15, 0.2) is 11.5 Å². The summed E-state index contributed by atoms with van der Waals surface area (Å²) < 4.78 is 14.2. The highest BCUT2D eigenvalue weighted by Crippen LogP contribution is 2.47. The number of ether oxygens (including phenoxy) is 2. The van der Waals surface area contributed by atoms with Crippen LogP contribution in [0.2, 0.25) is 5.02 Å². The van der Waals surface area contributed by atoms with E-state index in [4.69, 9.17) is 21.1 Å². The maximum Gasteiger partial charge on any atom is 0.276 e. The summed E-state index contributed by atoms with van der Waals surface area (Å²) in [7, 11) is 0. The zero-order valence-corrected chi connectivity index (χ0v) is 16.0. The van der Waals surface area contributed by atoms with Crippen LogP contribution >= 0.6 is 43.5 Å². The van der Waals surface area contributed by atoms with Gasteiger partial charge in [-0.2, -0.15) is 0 Å². The van der Waals surface area contributed by atoms with Gasteiger partial charge in [-0.05, 0) is 79.0 Å². The zero-order chi connectivity index (χ0) is 16.2. The third-order valence-corrected chi connectivity index (χ3v) is 6.09. The van der Waals surface area contributed by atoms with E-state index in [1.165, 1.54) is 0 Å². The van der Waals surface area contributed by atoms with Crippen LogP contribution in [0.1, 0.15) is 12.5 Å². The standard InChI is InChI=1S/C18H11Br2ClO2/c1-18(12-4-2-3-5-15(12)21)22-16-8-10-6-13(19)14(20)7-11(10)9-17(16)23-18/h2-9H,1H3. The minimum absolute atomic E-state index is 0.623. The fourth-order valence-corrected chi connectivity index (χ4v) is 3.82. The first kappa shape index (κ1) is 15.3. The van der Waals surface area contributed by atoms with Gasteiger partial charge in [0.2, 0.25) is 0 Å². The molecule has 23 heavy (non-hydrogen) atoms. The molecule has 0 aromatic heterocycles. The van der Waals surface area contributed by atoms with Gasteiger partial charge in [0.25, 0.3) is 5.79 Å². The van der Waals surface area contributed by atoms with Crippen LogP contribution in [0.15, 0.2) is 57.5 Å². The van der Waals surface area contributed by atoms with Crippen molar-refractivity contribution in [2.24, 2.45) is 0 Å². The van der Waals surface area contributed by atoms with Crippen LogP contribution in [-0.2, 0) is 5.79 Å². The van der Waals surface area contributed by atoms with E-state index in [2.05, 4.69) is 31.9 Å². The first-order valence-corrected chi connectivity index (χ1v) is 8.98. The molecular weight excluding hydrogens is 443 g/mol. The third-order valence-electron chi connectivity index (χ3n) is 3.91. The molecule has 1 aliphatic heterocycles. The van der Waals surface area contributed by atoms with Crippen molar-refractivity contribution in [3.63, 3.8) is 0 Å². The molecule has 1 heterocycles. The highest BCUT2D eigenvalue weighted by atomic mass is 79.9. The molecule has 0 N–H and O–H groups in total. The third kappa shape index (κ3) is 2.53. The number of hydrogen-bond donors (Lipinski definition) is 0. The van der Waals surface area contributed by atoms with Gasteiger partial charge in [-0.25, -0.2) is 0 Å². The molecule has 0 fully saturated rings. The van der Waals surface area contributed by atoms with Crippen molar-refractivity contribution in [2.45, 2.75) is 12.7 Å². The molecule has 4 rings (SSSR count).